The van der Waals surface area contributed by atoms with E-state index in [0.29, 0.717) is 18.4 Å². The summed E-state index contributed by atoms with van der Waals surface area (Å²) in [5.74, 6) is -1.27. The lowest BCUT2D eigenvalue weighted by atomic mass is 10.1. The predicted molar refractivity (Wildman–Crippen MR) is 60.1 cm³/mol. The molecule has 98 valence electrons. The van der Waals surface area contributed by atoms with E-state index in [4.69, 9.17) is 5.11 Å². The third-order valence-corrected chi connectivity index (χ3v) is 2.25. The number of hydrogen-bond acceptors (Lipinski definition) is 7. The molecule has 0 saturated heterocycles. The van der Waals surface area contributed by atoms with Crippen molar-refractivity contribution in [3.63, 3.8) is 0 Å². The van der Waals surface area contributed by atoms with Crippen LogP contribution in [0.25, 0.3) is 0 Å². The molecule has 0 aliphatic heterocycles. The molecule has 0 amide bonds. The number of nitrogens with zero attached hydrogens (tertiary/aromatic N) is 2. The van der Waals surface area contributed by atoms with Gasteiger partial charge in [0.2, 0.25) is 0 Å². The van der Waals surface area contributed by atoms with Crippen molar-refractivity contribution in [2.45, 2.75) is 12.8 Å². The number of aryl methyl sites for hydroxylation is 1. The molecule has 1 aromatic heterocycles. The van der Waals surface area contributed by atoms with E-state index in [9.17, 15) is 9.59 Å². The topological polar surface area (TPSA) is 98.6 Å². The number of rotatable bonds is 5. The van der Waals surface area contributed by atoms with E-state index in [-0.39, 0.29) is 18.0 Å². The number of aliphatic hydroxyl groups excluding tert-OH is 1. The van der Waals surface area contributed by atoms with Crippen LogP contribution in [0.2, 0.25) is 0 Å². The van der Waals surface area contributed by atoms with Crippen molar-refractivity contribution in [1.29, 1.82) is 0 Å². The molecular formula is C11H14N2O5. The quantitative estimate of drug-likeness (QED) is 0.737. The Labute approximate surface area is 104 Å². The van der Waals surface area contributed by atoms with Crippen molar-refractivity contribution in [3.05, 3.63) is 23.0 Å². The Morgan fingerprint density at radius 2 is 1.89 bits per heavy atom. The minimum Gasteiger partial charge on any atom is -0.464 e. The highest BCUT2D eigenvalue weighted by Crippen LogP contribution is 2.11. The summed E-state index contributed by atoms with van der Waals surface area (Å²) in [5.41, 5.74) is 0.544. The lowest BCUT2D eigenvalue weighted by molar-refractivity contribution is 0.0572. The first-order chi connectivity index (χ1) is 8.63. The van der Waals surface area contributed by atoms with E-state index in [1.165, 1.54) is 20.3 Å². The van der Waals surface area contributed by atoms with Crippen molar-refractivity contribution in [2.24, 2.45) is 0 Å². The molecule has 0 saturated carbocycles. The Morgan fingerprint density at radius 3 is 2.44 bits per heavy atom. The van der Waals surface area contributed by atoms with Crippen molar-refractivity contribution >= 4 is 11.9 Å². The Balaban J connectivity index is 3.11. The van der Waals surface area contributed by atoms with Crippen molar-refractivity contribution in [2.75, 3.05) is 20.8 Å². The number of carbonyl (C=O) groups is 2. The van der Waals surface area contributed by atoms with Gasteiger partial charge in [-0.3, -0.25) is 0 Å². The molecule has 0 atom stereocenters. The molecule has 7 heteroatoms. The predicted octanol–water partition coefficient (Wildman–Crippen LogP) is -0.0253. The number of hydrogen-bond donors (Lipinski definition) is 1. The summed E-state index contributed by atoms with van der Waals surface area (Å²) in [6.07, 6.45) is 0.830. The summed E-state index contributed by atoms with van der Waals surface area (Å²) in [4.78, 5) is 22.7. The fourth-order valence-electron chi connectivity index (χ4n) is 1.36. The van der Waals surface area contributed by atoms with E-state index in [1.807, 2.05) is 0 Å². The molecule has 0 aliphatic rings. The summed E-state index contributed by atoms with van der Waals surface area (Å²) < 4.78 is 9.08. The molecule has 7 nitrogen and oxygen atoms in total. The van der Waals surface area contributed by atoms with E-state index in [2.05, 4.69) is 19.7 Å². The van der Waals surface area contributed by atoms with Gasteiger partial charge in [0.15, 0.2) is 11.4 Å². The monoisotopic (exact) mass is 254 g/mol. The highest BCUT2D eigenvalue weighted by Gasteiger charge is 2.18. The first-order valence-electron chi connectivity index (χ1n) is 5.28. The fourth-order valence-corrected chi connectivity index (χ4v) is 1.36. The number of esters is 2. The fraction of sp³-hybridized carbons (Fsp3) is 0.455. The van der Waals surface area contributed by atoms with Crippen LogP contribution in [0.15, 0.2) is 6.07 Å². The van der Waals surface area contributed by atoms with Crippen LogP contribution in [0, 0.1) is 0 Å². The van der Waals surface area contributed by atoms with Gasteiger partial charge >= 0.3 is 11.9 Å². The zero-order valence-corrected chi connectivity index (χ0v) is 10.2. The molecule has 18 heavy (non-hydrogen) atoms. The van der Waals surface area contributed by atoms with Crippen molar-refractivity contribution in [3.8, 4) is 0 Å². The maximum Gasteiger partial charge on any atom is 0.358 e. The third kappa shape index (κ3) is 3.24. The average molecular weight is 254 g/mol. The van der Waals surface area contributed by atoms with Crippen LogP contribution >= 0.6 is 0 Å². The van der Waals surface area contributed by atoms with Gasteiger partial charge in [0.25, 0.3) is 0 Å². The van der Waals surface area contributed by atoms with Gasteiger partial charge < -0.3 is 14.6 Å². The molecule has 1 N–H and O–H groups in total. The van der Waals surface area contributed by atoms with Crippen LogP contribution in [0.1, 0.15) is 33.0 Å². The van der Waals surface area contributed by atoms with Gasteiger partial charge in [-0.15, -0.1) is 10.2 Å². The van der Waals surface area contributed by atoms with Crippen LogP contribution in [-0.4, -0.2) is 48.1 Å². The van der Waals surface area contributed by atoms with E-state index in [1.54, 1.807) is 0 Å². The minimum absolute atomic E-state index is 0.0121. The summed E-state index contributed by atoms with van der Waals surface area (Å²) >= 11 is 0. The second kappa shape index (κ2) is 6.65. The van der Waals surface area contributed by atoms with Gasteiger partial charge in [0.1, 0.15) is 0 Å². The van der Waals surface area contributed by atoms with E-state index in [0.717, 1.165) is 0 Å². The highest BCUT2D eigenvalue weighted by atomic mass is 16.5. The zero-order chi connectivity index (χ0) is 13.5. The second-order valence-corrected chi connectivity index (χ2v) is 3.41. The molecule has 0 fully saturated rings. The van der Waals surface area contributed by atoms with Crippen LogP contribution in [0.4, 0.5) is 0 Å². The molecule has 1 heterocycles. The molecule has 0 unspecified atom stereocenters. The molecule has 0 spiro atoms. The van der Waals surface area contributed by atoms with Crippen molar-refractivity contribution < 1.29 is 24.2 Å². The van der Waals surface area contributed by atoms with Gasteiger partial charge in [-0.1, -0.05) is 0 Å². The van der Waals surface area contributed by atoms with Gasteiger partial charge in [0, 0.05) is 6.61 Å². The number of aliphatic hydroxyl groups is 1. The molecule has 1 aromatic rings. The Bertz CT molecular complexity index is 447. The minimum atomic E-state index is -0.635. The van der Waals surface area contributed by atoms with Gasteiger partial charge in [-0.25, -0.2) is 9.59 Å². The first-order valence-corrected chi connectivity index (χ1v) is 5.28. The Hall–Kier alpha value is -2.02. The average Bonchev–Trinajstić information content (AvgIpc) is 2.42. The molecule has 1 rings (SSSR count). The number of carbonyl (C=O) groups excluding carboxylic acids is 2. The van der Waals surface area contributed by atoms with Crippen molar-refractivity contribution in [1.82, 2.24) is 10.2 Å². The van der Waals surface area contributed by atoms with Gasteiger partial charge in [-0.05, 0) is 24.5 Å². The van der Waals surface area contributed by atoms with Gasteiger partial charge in [0.05, 0.1) is 14.2 Å². The third-order valence-electron chi connectivity index (χ3n) is 2.25. The summed E-state index contributed by atoms with van der Waals surface area (Å²) in [7, 11) is 2.46. The normalized spacial score (nSPS) is 9.94. The number of methoxy groups -OCH3 is 2. The molecular weight excluding hydrogens is 240 g/mol. The van der Waals surface area contributed by atoms with Crippen LogP contribution in [0.3, 0.4) is 0 Å². The lowest BCUT2D eigenvalue weighted by Gasteiger charge is -2.07. The largest absolute Gasteiger partial charge is 0.464 e. The van der Waals surface area contributed by atoms with Crippen LogP contribution in [-0.2, 0) is 15.9 Å². The van der Waals surface area contributed by atoms with Gasteiger partial charge in [-0.2, -0.15) is 0 Å². The second-order valence-electron chi connectivity index (χ2n) is 3.41. The zero-order valence-electron chi connectivity index (χ0n) is 10.2. The first kappa shape index (κ1) is 14.0. The lowest BCUT2D eigenvalue weighted by Crippen LogP contribution is -2.14. The number of aromatic nitrogens is 2. The SMILES string of the molecule is COC(=O)c1cc(CCCO)c(C(=O)OC)nn1. The molecule has 0 bridgehead atoms. The standard InChI is InChI=1S/C11H14N2O5/c1-17-10(15)8-6-7(4-3-5-14)9(13-12-8)11(16)18-2/h6,14H,3-5H2,1-2H3. The molecule has 0 radical (unpaired) electrons. The Kier molecular flexibility index (Phi) is 5.19. The summed E-state index contributed by atoms with van der Waals surface area (Å²) in [6.45, 7) is -0.0313. The highest BCUT2D eigenvalue weighted by molar-refractivity contribution is 5.91. The number of ether oxygens (including phenoxy) is 2. The maximum absolute atomic E-state index is 11.4. The van der Waals surface area contributed by atoms with E-state index < -0.39 is 11.9 Å². The molecule has 0 aliphatic carbocycles. The van der Waals surface area contributed by atoms with Crippen LogP contribution in [0.5, 0.6) is 0 Å². The summed E-state index contributed by atoms with van der Waals surface area (Å²) in [6, 6.07) is 1.42. The van der Waals surface area contributed by atoms with Crippen LogP contribution < -0.4 is 0 Å². The smallest absolute Gasteiger partial charge is 0.358 e. The Morgan fingerprint density at radius 1 is 1.22 bits per heavy atom. The molecule has 0 aromatic carbocycles. The van der Waals surface area contributed by atoms with E-state index >= 15 is 0 Å². The summed E-state index contributed by atoms with van der Waals surface area (Å²) in [5, 5.41) is 16.1. The maximum atomic E-state index is 11.4.